The summed E-state index contributed by atoms with van der Waals surface area (Å²) in [6, 6.07) is 6.16. The van der Waals surface area contributed by atoms with Crippen molar-refractivity contribution in [2.75, 3.05) is 34.4 Å². The van der Waals surface area contributed by atoms with Gasteiger partial charge in [0.25, 0.3) is 0 Å². The topological polar surface area (TPSA) is 97.2 Å². The molecule has 2 bridgehead atoms. The first-order chi connectivity index (χ1) is 15.0. The van der Waals surface area contributed by atoms with Crippen molar-refractivity contribution in [3.8, 4) is 17.6 Å². The minimum atomic E-state index is -1.03. The first-order valence-corrected chi connectivity index (χ1v) is 10.7. The van der Waals surface area contributed by atoms with Crippen molar-refractivity contribution >= 4 is 0 Å². The van der Waals surface area contributed by atoms with Crippen LogP contribution in [0, 0.1) is 11.8 Å². The van der Waals surface area contributed by atoms with Crippen LogP contribution in [0.2, 0.25) is 0 Å². The van der Waals surface area contributed by atoms with Crippen molar-refractivity contribution < 1.29 is 24.4 Å². The van der Waals surface area contributed by atoms with Crippen LogP contribution >= 0.6 is 0 Å². The lowest BCUT2D eigenvalue weighted by Crippen LogP contribution is -2.58. The summed E-state index contributed by atoms with van der Waals surface area (Å²) in [4.78, 5) is 11.0. The third kappa shape index (κ3) is 3.95. The quantitative estimate of drug-likeness (QED) is 0.691. The number of aliphatic hydroxyl groups excluding tert-OH is 1. The Morgan fingerprint density at radius 2 is 1.84 bits per heavy atom. The molecule has 1 saturated carbocycles. The van der Waals surface area contributed by atoms with Gasteiger partial charge in [-0.1, -0.05) is 12.5 Å². The molecule has 1 aliphatic heterocycles. The molecule has 2 N–H and O–H groups in total. The summed E-state index contributed by atoms with van der Waals surface area (Å²) in [7, 11) is 4.68. The second-order valence-corrected chi connectivity index (χ2v) is 8.43. The van der Waals surface area contributed by atoms with E-state index in [-0.39, 0.29) is 24.5 Å². The maximum absolute atomic E-state index is 12.0. The van der Waals surface area contributed by atoms with Crippen molar-refractivity contribution in [3.05, 3.63) is 41.1 Å². The van der Waals surface area contributed by atoms with Gasteiger partial charge in [-0.3, -0.25) is 4.90 Å². The van der Waals surface area contributed by atoms with Gasteiger partial charge in [0.2, 0.25) is 5.88 Å². The molecule has 0 spiro atoms. The van der Waals surface area contributed by atoms with Crippen molar-refractivity contribution in [2.45, 2.75) is 38.0 Å². The first kappa shape index (κ1) is 21.8. The van der Waals surface area contributed by atoms with Gasteiger partial charge in [0.05, 0.1) is 33.5 Å². The molecule has 2 heterocycles. The Kier molecular flexibility index (Phi) is 6.31. The highest BCUT2D eigenvalue weighted by atomic mass is 16.5. The summed E-state index contributed by atoms with van der Waals surface area (Å²) < 4.78 is 15.9. The molecule has 2 aliphatic rings. The summed E-state index contributed by atoms with van der Waals surface area (Å²) in [6.45, 7) is 2.24. The molecular weight excluding hydrogens is 398 g/mol. The van der Waals surface area contributed by atoms with Crippen LogP contribution in [0.5, 0.6) is 17.6 Å². The number of nitrogens with zero attached hydrogens (tertiary/aromatic N) is 3. The summed E-state index contributed by atoms with van der Waals surface area (Å²) in [6.07, 6.45) is 4.62. The Balaban J connectivity index is 1.58. The monoisotopic (exact) mass is 429 g/mol. The van der Waals surface area contributed by atoms with Crippen LogP contribution in [0.15, 0.2) is 24.4 Å². The molecule has 1 saturated heterocycles. The zero-order valence-electron chi connectivity index (χ0n) is 18.4. The molecule has 168 valence electrons. The van der Waals surface area contributed by atoms with E-state index in [9.17, 15) is 10.2 Å². The third-order valence-electron chi connectivity index (χ3n) is 6.77. The number of ether oxygens (including phenoxy) is 3. The fourth-order valence-corrected chi connectivity index (χ4v) is 5.30. The summed E-state index contributed by atoms with van der Waals surface area (Å²) in [5.74, 6) is 1.19. The molecule has 3 atom stereocenters. The molecule has 4 rings (SSSR count). The van der Waals surface area contributed by atoms with Gasteiger partial charge >= 0.3 is 6.01 Å². The SMILES string of the molecule is COc1ncc(C2(O)[C@@H]3CCC[C@H]2CN(Cc2ccc(OC)c(CO)c2)C3)c(OC)n1. The third-order valence-corrected chi connectivity index (χ3v) is 6.77. The van der Waals surface area contributed by atoms with Crippen molar-refractivity contribution in [1.82, 2.24) is 14.9 Å². The molecule has 1 unspecified atom stereocenters. The summed E-state index contributed by atoms with van der Waals surface area (Å²) >= 11 is 0. The van der Waals surface area contributed by atoms with Gasteiger partial charge in [-0.2, -0.15) is 4.98 Å². The zero-order chi connectivity index (χ0) is 22.0. The summed E-state index contributed by atoms with van der Waals surface area (Å²) in [5, 5.41) is 21.6. The molecule has 1 aromatic heterocycles. The van der Waals surface area contributed by atoms with E-state index in [4.69, 9.17) is 14.2 Å². The second kappa shape index (κ2) is 8.98. The van der Waals surface area contributed by atoms with Gasteiger partial charge < -0.3 is 24.4 Å². The van der Waals surface area contributed by atoms with Crippen LogP contribution < -0.4 is 14.2 Å². The van der Waals surface area contributed by atoms with Crippen molar-refractivity contribution in [3.63, 3.8) is 0 Å². The minimum absolute atomic E-state index is 0.0563. The van der Waals surface area contributed by atoms with Crippen LogP contribution in [0.3, 0.4) is 0 Å². The van der Waals surface area contributed by atoms with E-state index < -0.39 is 5.60 Å². The molecule has 8 heteroatoms. The smallest absolute Gasteiger partial charge is 0.319 e. The molecule has 1 aromatic carbocycles. The second-order valence-electron chi connectivity index (χ2n) is 8.43. The number of hydrogen-bond donors (Lipinski definition) is 2. The lowest BCUT2D eigenvalue weighted by Gasteiger charge is -2.53. The van der Waals surface area contributed by atoms with Crippen LogP contribution in [0.4, 0.5) is 0 Å². The predicted molar refractivity (Wildman–Crippen MR) is 114 cm³/mol. The number of aliphatic hydroxyl groups is 2. The minimum Gasteiger partial charge on any atom is -0.496 e. The lowest BCUT2D eigenvalue weighted by atomic mass is 9.63. The maximum atomic E-state index is 12.0. The average molecular weight is 430 g/mol. The fourth-order valence-electron chi connectivity index (χ4n) is 5.30. The van der Waals surface area contributed by atoms with E-state index in [1.165, 1.54) is 7.11 Å². The Morgan fingerprint density at radius 3 is 2.45 bits per heavy atom. The van der Waals surface area contributed by atoms with Crippen molar-refractivity contribution in [1.29, 1.82) is 0 Å². The van der Waals surface area contributed by atoms with Gasteiger partial charge in [0.1, 0.15) is 11.4 Å². The van der Waals surface area contributed by atoms with Gasteiger partial charge in [0.15, 0.2) is 0 Å². The van der Waals surface area contributed by atoms with Gasteiger partial charge in [-0.15, -0.1) is 0 Å². The number of hydrogen-bond acceptors (Lipinski definition) is 8. The molecule has 0 radical (unpaired) electrons. The van der Waals surface area contributed by atoms with Crippen LogP contribution in [-0.2, 0) is 18.8 Å². The number of fused-ring (bicyclic) bond motifs is 2. The van der Waals surface area contributed by atoms with Gasteiger partial charge in [-0.25, -0.2) is 4.98 Å². The Hall–Kier alpha value is -2.42. The van der Waals surface area contributed by atoms with Gasteiger partial charge in [-0.05, 0) is 30.5 Å². The molecule has 2 aromatic rings. The highest BCUT2D eigenvalue weighted by Crippen LogP contribution is 2.51. The molecule has 2 fully saturated rings. The van der Waals surface area contributed by atoms with Crippen molar-refractivity contribution in [2.24, 2.45) is 11.8 Å². The number of methoxy groups -OCH3 is 3. The van der Waals surface area contributed by atoms with E-state index in [1.54, 1.807) is 20.4 Å². The summed E-state index contributed by atoms with van der Waals surface area (Å²) in [5.41, 5.74) is 1.53. The number of aromatic nitrogens is 2. The normalized spacial score (nSPS) is 25.8. The van der Waals surface area contributed by atoms with Crippen LogP contribution in [-0.4, -0.2) is 59.5 Å². The maximum Gasteiger partial charge on any atom is 0.319 e. The number of piperidine rings is 1. The number of rotatable bonds is 7. The molecule has 0 amide bonds. The lowest BCUT2D eigenvalue weighted by molar-refractivity contribution is -0.149. The fraction of sp³-hybridized carbons (Fsp3) is 0.565. The molecule has 8 nitrogen and oxygen atoms in total. The Morgan fingerprint density at radius 1 is 1.10 bits per heavy atom. The first-order valence-electron chi connectivity index (χ1n) is 10.7. The molecule has 1 aliphatic carbocycles. The van der Waals surface area contributed by atoms with Crippen LogP contribution in [0.1, 0.15) is 36.0 Å². The Labute approximate surface area is 182 Å². The van der Waals surface area contributed by atoms with Gasteiger partial charge in [0, 0.05) is 43.2 Å². The van der Waals surface area contributed by atoms with E-state index >= 15 is 0 Å². The zero-order valence-corrected chi connectivity index (χ0v) is 18.4. The van der Waals surface area contributed by atoms with Crippen LogP contribution in [0.25, 0.3) is 0 Å². The largest absolute Gasteiger partial charge is 0.496 e. The Bertz CT molecular complexity index is 908. The number of likely N-dealkylation sites (tertiary alicyclic amines) is 1. The molecule has 31 heavy (non-hydrogen) atoms. The highest BCUT2D eigenvalue weighted by Gasteiger charge is 2.53. The highest BCUT2D eigenvalue weighted by molar-refractivity contribution is 5.37. The van der Waals surface area contributed by atoms with E-state index in [0.29, 0.717) is 17.2 Å². The predicted octanol–water partition coefficient (Wildman–Crippen LogP) is 2.11. The number of benzene rings is 1. The standard InChI is InChI=1S/C23H31N3O5/c1-29-20-8-7-15(9-16(20)14-27)11-26-12-17-5-4-6-18(13-26)23(17,28)19-10-24-22(31-3)25-21(19)30-2/h7-10,17-18,27-28H,4-6,11-14H2,1-3H3/t17-,18+,23?. The average Bonchev–Trinajstić information content (AvgIpc) is 2.79. The van der Waals surface area contributed by atoms with E-state index in [0.717, 1.165) is 50.0 Å². The molecular formula is C23H31N3O5. The van der Waals surface area contributed by atoms with E-state index in [1.807, 2.05) is 18.2 Å². The van der Waals surface area contributed by atoms with E-state index in [2.05, 4.69) is 14.9 Å².